The third-order valence-electron chi connectivity index (χ3n) is 3.70. The van der Waals surface area contributed by atoms with E-state index in [2.05, 4.69) is 10.4 Å². The molecule has 0 radical (unpaired) electrons. The Bertz CT molecular complexity index is 760. The number of carbonyl (C=O) groups is 2. The lowest BCUT2D eigenvalue weighted by molar-refractivity contribution is -0.385. The van der Waals surface area contributed by atoms with E-state index in [1.165, 1.54) is 22.7 Å². The Morgan fingerprint density at radius 3 is 2.72 bits per heavy atom. The van der Waals surface area contributed by atoms with Crippen molar-refractivity contribution >= 4 is 17.5 Å². The van der Waals surface area contributed by atoms with Crippen molar-refractivity contribution in [3.8, 4) is 0 Å². The molecule has 0 fully saturated rings. The van der Waals surface area contributed by atoms with Gasteiger partial charge in [-0.1, -0.05) is 18.2 Å². The Morgan fingerprint density at radius 1 is 1.36 bits per heavy atom. The molecule has 1 heterocycles. The number of carbonyl (C=O) groups excluding carboxylic acids is 2. The van der Waals surface area contributed by atoms with E-state index in [1.807, 2.05) is 0 Å². The summed E-state index contributed by atoms with van der Waals surface area (Å²) in [6, 6.07) is 7.37. The van der Waals surface area contributed by atoms with Gasteiger partial charge in [0, 0.05) is 37.6 Å². The minimum absolute atomic E-state index is 0.0206. The van der Waals surface area contributed by atoms with E-state index in [9.17, 15) is 19.7 Å². The number of hydrogen-bond donors (Lipinski definition) is 1. The number of benzene rings is 1. The maximum absolute atomic E-state index is 12.3. The second kappa shape index (κ2) is 8.04. The molecule has 0 aliphatic rings. The SMILES string of the molecule is CC(C(=O)N(C)CC(=O)NCc1ccccc1[N+](=O)[O-])n1cccn1. The molecule has 9 nitrogen and oxygen atoms in total. The van der Waals surface area contributed by atoms with E-state index < -0.39 is 16.9 Å². The lowest BCUT2D eigenvalue weighted by Crippen LogP contribution is -2.40. The first kappa shape index (κ1) is 18.1. The van der Waals surface area contributed by atoms with Gasteiger partial charge in [-0.2, -0.15) is 5.10 Å². The fraction of sp³-hybridized carbons (Fsp3) is 0.312. The van der Waals surface area contributed by atoms with Crippen LogP contribution in [0.3, 0.4) is 0 Å². The molecule has 1 unspecified atom stereocenters. The molecule has 2 rings (SSSR count). The Hall–Kier alpha value is -3.23. The Morgan fingerprint density at radius 2 is 2.08 bits per heavy atom. The van der Waals surface area contributed by atoms with Crippen LogP contribution in [-0.4, -0.2) is 45.0 Å². The van der Waals surface area contributed by atoms with Gasteiger partial charge in [0.05, 0.1) is 11.5 Å². The second-order valence-corrected chi connectivity index (χ2v) is 5.52. The predicted octanol–water partition coefficient (Wildman–Crippen LogP) is 1.13. The standard InChI is InChI=1S/C16H19N5O4/c1-12(20-9-5-8-18-20)16(23)19(2)11-15(22)17-10-13-6-3-4-7-14(13)21(24)25/h3-9,12H,10-11H2,1-2H3,(H,17,22). The van der Waals surface area contributed by atoms with Crippen molar-refractivity contribution in [2.24, 2.45) is 0 Å². The Kier molecular flexibility index (Phi) is 5.83. The maximum atomic E-state index is 12.3. The number of nitrogens with zero attached hydrogens (tertiary/aromatic N) is 4. The minimum Gasteiger partial charge on any atom is -0.350 e. The van der Waals surface area contributed by atoms with Gasteiger partial charge in [0.15, 0.2) is 0 Å². The van der Waals surface area contributed by atoms with Crippen molar-refractivity contribution in [2.45, 2.75) is 19.5 Å². The molecule has 1 aromatic heterocycles. The average Bonchev–Trinajstić information content (AvgIpc) is 3.13. The summed E-state index contributed by atoms with van der Waals surface area (Å²) in [6.07, 6.45) is 3.24. The number of hydrogen-bond acceptors (Lipinski definition) is 5. The molecule has 0 bridgehead atoms. The number of nitro groups is 1. The van der Waals surface area contributed by atoms with Gasteiger partial charge in [0.2, 0.25) is 11.8 Å². The highest BCUT2D eigenvalue weighted by Crippen LogP contribution is 2.17. The van der Waals surface area contributed by atoms with Gasteiger partial charge in [0.25, 0.3) is 5.69 Å². The van der Waals surface area contributed by atoms with Gasteiger partial charge in [-0.25, -0.2) is 0 Å². The van der Waals surface area contributed by atoms with Crippen LogP contribution < -0.4 is 5.32 Å². The molecule has 1 N–H and O–H groups in total. The number of para-hydroxylation sites is 1. The van der Waals surface area contributed by atoms with Gasteiger partial charge in [0.1, 0.15) is 6.04 Å². The van der Waals surface area contributed by atoms with E-state index in [0.717, 1.165) is 0 Å². The summed E-state index contributed by atoms with van der Waals surface area (Å²) in [7, 11) is 1.52. The molecule has 0 spiro atoms. The Labute approximate surface area is 144 Å². The van der Waals surface area contributed by atoms with Gasteiger partial charge in [-0.05, 0) is 13.0 Å². The van der Waals surface area contributed by atoms with Crippen molar-refractivity contribution in [1.82, 2.24) is 20.0 Å². The first-order valence-corrected chi connectivity index (χ1v) is 7.63. The summed E-state index contributed by atoms with van der Waals surface area (Å²) in [5, 5.41) is 17.6. The van der Waals surface area contributed by atoms with Crippen LogP contribution in [0.2, 0.25) is 0 Å². The van der Waals surface area contributed by atoms with Crippen LogP contribution in [0.5, 0.6) is 0 Å². The van der Waals surface area contributed by atoms with Gasteiger partial charge in [-0.3, -0.25) is 24.4 Å². The van der Waals surface area contributed by atoms with Gasteiger partial charge >= 0.3 is 0 Å². The molecule has 0 saturated heterocycles. The fourth-order valence-electron chi connectivity index (χ4n) is 2.32. The molecule has 0 aliphatic heterocycles. The number of rotatable bonds is 7. The zero-order chi connectivity index (χ0) is 18.4. The molecule has 0 saturated carbocycles. The minimum atomic E-state index is -0.525. The largest absolute Gasteiger partial charge is 0.350 e. The lowest BCUT2D eigenvalue weighted by Gasteiger charge is -2.21. The smallest absolute Gasteiger partial charge is 0.274 e. The van der Waals surface area contributed by atoms with Crippen LogP contribution in [0.15, 0.2) is 42.7 Å². The third-order valence-corrected chi connectivity index (χ3v) is 3.70. The van der Waals surface area contributed by atoms with Crippen molar-refractivity contribution in [2.75, 3.05) is 13.6 Å². The van der Waals surface area contributed by atoms with Crippen LogP contribution in [0.4, 0.5) is 5.69 Å². The van der Waals surface area contributed by atoms with Crippen molar-refractivity contribution in [3.05, 3.63) is 58.4 Å². The molecule has 0 aliphatic carbocycles. The van der Waals surface area contributed by atoms with Gasteiger partial charge in [-0.15, -0.1) is 0 Å². The van der Waals surface area contributed by atoms with Crippen LogP contribution >= 0.6 is 0 Å². The average molecular weight is 345 g/mol. The summed E-state index contributed by atoms with van der Waals surface area (Å²) < 4.78 is 1.50. The van der Waals surface area contributed by atoms with Crippen molar-refractivity contribution in [1.29, 1.82) is 0 Å². The molecule has 132 valence electrons. The molecule has 1 atom stereocenters. The quantitative estimate of drug-likeness (QED) is 0.597. The normalized spacial score (nSPS) is 11.6. The fourth-order valence-corrected chi connectivity index (χ4v) is 2.32. The first-order valence-electron chi connectivity index (χ1n) is 7.63. The summed E-state index contributed by atoms with van der Waals surface area (Å²) >= 11 is 0. The van der Waals surface area contributed by atoms with Gasteiger partial charge < -0.3 is 10.2 Å². The first-order chi connectivity index (χ1) is 11.9. The molecule has 2 amide bonds. The maximum Gasteiger partial charge on any atom is 0.274 e. The van der Waals surface area contributed by atoms with Crippen molar-refractivity contribution < 1.29 is 14.5 Å². The zero-order valence-electron chi connectivity index (χ0n) is 14.0. The van der Waals surface area contributed by atoms with Crippen LogP contribution in [0.1, 0.15) is 18.5 Å². The molecular formula is C16H19N5O4. The summed E-state index contributed by atoms with van der Waals surface area (Å²) in [5.74, 6) is -0.661. The highest BCUT2D eigenvalue weighted by atomic mass is 16.6. The van der Waals surface area contributed by atoms with Crippen LogP contribution in [0.25, 0.3) is 0 Å². The number of nitrogens with one attached hydrogen (secondary N) is 1. The second-order valence-electron chi connectivity index (χ2n) is 5.52. The molecule has 9 heteroatoms. The number of amides is 2. The third kappa shape index (κ3) is 4.63. The summed E-state index contributed by atoms with van der Waals surface area (Å²) in [5.41, 5.74) is 0.347. The summed E-state index contributed by atoms with van der Waals surface area (Å²) in [4.78, 5) is 36.1. The highest BCUT2D eigenvalue weighted by molar-refractivity contribution is 5.86. The molecule has 25 heavy (non-hydrogen) atoms. The van der Waals surface area contributed by atoms with Crippen LogP contribution in [-0.2, 0) is 16.1 Å². The topological polar surface area (TPSA) is 110 Å². The molecular weight excluding hydrogens is 326 g/mol. The van der Waals surface area contributed by atoms with E-state index in [0.29, 0.717) is 5.56 Å². The predicted molar refractivity (Wildman–Crippen MR) is 89.5 cm³/mol. The molecule has 1 aromatic carbocycles. The van der Waals surface area contributed by atoms with E-state index in [4.69, 9.17) is 0 Å². The van der Waals surface area contributed by atoms with E-state index in [1.54, 1.807) is 43.6 Å². The number of likely N-dealkylation sites (N-methyl/N-ethyl adjacent to an activating group) is 1. The monoisotopic (exact) mass is 345 g/mol. The Balaban J connectivity index is 1.90. The summed E-state index contributed by atoms with van der Waals surface area (Å²) in [6.45, 7) is 1.56. The highest BCUT2D eigenvalue weighted by Gasteiger charge is 2.21. The number of nitro benzene ring substituents is 1. The lowest BCUT2D eigenvalue weighted by atomic mass is 10.2. The van der Waals surface area contributed by atoms with Crippen molar-refractivity contribution in [3.63, 3.8) is 0 Å². The van der Waals surface area contributed by atoms with E-state index >= 15 is 0 Å². The van der Waals surface area contributed by atoms with E-state index in [-0.39, 0.29) is 24.7 Å². The zero-order valence-corrected chi connectivity index (χ0v) is 14.0. The number of aromatic nitrogens is 2. The van der Waals surface area contributed by atoms with Crippen LogP contribution in [0, 0.1) is 10.1 Å². The molecule has 2 aromatic rings.